The Hall–Kier alpha value is -3.00. The van der Waals surface area contributed by atoms with Crippen LogP contribution in [0.3, 0.4) is 0 Å². The van der Waals surface area contributed by atoms with Gasteiger partial charge in [-0.05, 0) is 36.5 Å². The molecule has 1 aliphatic heterocycles. The second kappa shape index (κ2) is 7.71. The van der Waals surface area contributed by atoms with Crippen LogP contribution in [0.5, 0.6) is 23.0 Å². The van der Waals surface area contributed by atoms with Crippen molar-refractivity contribution >= 4 is 29.2 Å². The molecule has 0 fully saturated rings. The molecule has 0 aromatic heterocycles. The third kappa shape index (κ3) is 4.10. The van der Waals surface area contributed by atoms with Gasteiger partial charge in [0.25, 0.3) is 0 Å². The van der Waals surface area contributed by atoms with Crippen molar-refractivity contribution in [2.75, 3.05) is 26.3 Å². The normalized spacial score (nSPS) is 12.1. The van der Waals surface area contributed by atoms with E-state index >= 15 is 0 Å². The number of fused-ring (bicyclic) bond motifs is 1. The summed E-state index contributed by atoms with van der Waals surface area (Å²) in [4.78, 5) is 0. The van der Waals surface area contributed by atoms with Gasteiger partial charge in [-0.3, -0.25) is 5.43 Å². The van der Waals surface area contributed by atoms with Crippen molar-refractivity contribution in [1.82, 2.24) is 5.43 Å². The van der Waals surface area contributed by atoms with E-state index in [2.05, 4.69) is 15.8 Å². The SMILES string of the molecule is COc1cccc(NC(=S)N/N=C\c2cc(OC)c3c(c2)OCO3)c1. The lowest BCUT2D eigenvalue weighted by molar-refractivity contribution is 0.171. The molecule has 2 N–H and O–H groups in total. The minimum absolute atomic E-state index is 0.180. The molecule has 2 aromatic carbocycles. The average Bonchev–Trinajstić information content (AvgIpc) is 3.09. The maximum Gasteiger partial charge on any atom is 0.231 e. The summed E-state index contributed by atoms with van der Waals surface area (Å²) >= 11 is 5.21. The van der Waals surface area contributed by atoms with Crippen molar-refractivity contribution in [3.05, 3.63) is 42.0 Å². The summed E-state index contributed by atoms with van der Waals surface area (Å²) in [6.45, 7) is 0.180. The fourth-order valence-corrected chi connectivity index (χ4v) is 2.42. The zero-order valence-electron chi connectivity index (χ0n) is 13.7. The van der Waals surface area contributed by atoms with Gasteiger partial charge in [0, 0.05) is 17.3 Å². The van der Waals surface area contributed by atoms with E-state index in [0.29, 0.717) is 22.4 Å². The molecule has 25 heavy (non-hydrogen) atoms. The number of hydrogen-bond acceptors (Lipinski definition) is 6. The number of ether oxygens (including phenoxy) is 4. The highest BCUT2D eigenvalue weighted by Gasteiger charge is 2.19. The van der Waals surface area contributed by atoms with Crippen molar-refractivity contribution in [3.63, 3.8) is 0 Å². The molecule has 0 atom stereocenters. The summed E-state index contributed by atoms with van der Waals surface area (Å²) in [5, 5.41) is 7.50. The number of hydrazone groups is 1. The number of thiocarbonyl (C=S) groups is 1. The Balaban J connectivity index is 1.62. The van der Waals surface area contributed by atoms with E-state index in [9.17, 15) is 0 Å². The van der Waals surface area contributed by atoms with Gasteiger partial charge in [-0.2, -0.15) is 5.10 Å². The summed E-state index contributed by atoms with van der Waals surface area (Å²) in [5.41, 5.74) is 4.35. The number of nitrogens with one attached hydrogen (secondary N) is 2. The minimum Gasteiger partial charge on any atom is -0.497 e. The zero-order chi connectivity index (χ0) is 17.6. The molecule has 0 saturated carbocycles. The van der Waals surface area contributed by atoms with Crippen LogP contribution in [-0.2, 0) is 0 Å². The van der Waals surface area contributed by atoms with E-state index in [1.54, 1.807) is 26.5 Å². The first-order chi connectivity index (χ1) is 12.2. The Labute approximate surface area is 150 Å². The first-order valence-electron chi connectivity index (χ1n) is 7.41. The second-order valence-electron chi connectivity index (χ2n) is 5.01. The number of hydrogen-bond donors (Lipinski definition) is 2. The third-order valence-corrected chi connectivity index (χ3v) is 3.58. The topological polar surface area (TPSA) is 73.3 Å². The van der Waals surface area contributed by atoms with Gasteiger partial charge in [0.1, 0.15) is 5.75 Å². The van der Waals surface area contributed by atoms with Crippen LogP contribution in [0.15, 0.2) is 41.5 Å². The van der Waals surface area contributed by atoms with Gasteiger partial charge in [-0.1, -0.05) is 6.07 Å². The minimum atomic E-state index is 0.180. The first kappa shape index (κ1) is 16.8. The van der Waals surface area contributed by atoms with Gasteiger partial charge in [-0.25, -0.2) is 0 Å². The Kier molecular flexibility index (Phi) is 5.20. The van der Waals surface area contributed by atoms with Gasteiger partial charge in [0.15, 0.2) is 16.6 Å². The average molecular weight is 359 g/mol. The van der Waals surface area contributed by atoms with Crippen molar-refractivity contribution < 1.29 is 18.9 Å². The highest BCUT2D eigenvalue weighted by atomic mass is 32.1. The standard InChI is InChI=1S/C17H17N3O4S/c1-21-13-5-3-4-12(8-13)19-17(25)20-18-9-11-6-14(22-2)16-15(7-11)23-10-24-16/h3-9H,10H2,1-2H3,(H2,19,20,25)/b18-9-. The van der Waals surface area contributed by atoms with Crippen LogP contribution in [-0.4, -0.2) is 32.3 Å². The smallest absolute Gasteiger partial charge is 0.231 e. The van der Waals surface area contributed by atoms with E-state index in [-0.39, 0.29) is 6.79 Å². The Morgan fingerprint density at radius 1 is 1.20 bits per heavy atom. The molecule has 130 valence electrons. The molecule has 0 saturated heterocycles. The highest BCUT2D eigenvalue weighted by Crippen LogP contribution is 2.41. The molecule has 2 aromatic rings. The predicted molar refractivity (Wildman–Crippen MR) is 99.1 cm³/mol. The van der Waals surface area contributed by atoms with E-state index in [1.165, 1.54) is 0 Å². The monoisotopic (exact) mass is 359 g/mol. The molecular formula is C17H17N3O4S. The molecule has 0 aliphatic carbocycles. The molecule has 0 radical (unpaired) electrons. The number of nitrogens with zero attached hydrogens (tertiary/aromatic N) is 1. The van der Waals surface area contributed by atoms with Crippen molar-refractivity contribution in [2.45, 2.75) is 0 Å². The number of methoxy groups -OCH3 is 2. The maximum absolute atomic E-state index is 5.38. The summed E-state index contributed by atoms with van der Waals surface area (Å²) in [7, 11) is 3.18. The van der Waals surface area contributed by atoms with Crippen LogP contribution in [0.25, 0.3) is 0 Å². The maximum atomic E-state index is 5.38. The van der Waals surface area contributed by atoms with Crippen LogP contribution in [0, 0.1) is 0 Å². The number of anilines is 1. The molecule has 1 heterocycles. The third-order valence-electron chi connectivity index (χ3n) is 3.39. The Morgan fingerprint density at radius 3 is 2.88 bits per heavy atom. The van der Waals surface area contributed by atoms with Crippen molar-refractivity contribution in [3.8, 4) is 23.0 Å². The van der Waals surface area contributed by atoms with E-state index in [0.717, 1.165) is 17.0 Å². The van der Waals surface area contributed by atoms with E-state index in [4.69, 9.17) is 31.2 Å². The second-order valence-corrected chi connectivity index (χ2v) is 5.42. The Bertz CT molecular complexity index is 810. The molecule has 0 amide bonds. The molecule has 8 heteroatoms. The van der Waals surface area contributed by atoms with Gasteiger partial charge in [0.05, 0.1) is 20.4 Å². The predicted octanol–water partition coefficient (Wildman–Crippen LogP) is 2.75. The van der Waals surface area contributed by atoms with E-state index in [1.807, 2.05) is 30.3 Å². The van der Waals surface area contributed by atoms with Gasteiger partial charge in [-0.15, -0.1) is 0 Å². The number of rotatable bonds is 5. The van der Waals surface area contributed by atoms with Gasteiger partial charge in [0.2, 0.25) is 12.5 Å². The zero-order valence-corrected chi connectivity index (χ0v) is 14.6. The molecule has 0 bridgehead atoms. The summed E-state index contributed by atoms with van der Waals surface area (Å²) in [6, 6.07) is 11.0. The van der Waals surface area contributed by atoms with Crippen LogP contribution in [0.1, 0.15) is 5.56 Å². The molecule has 0 unspecified atom stereocenters. The molecule has 7 nitrogen and oxygen atoms in total. The van der Waals surface area contributed by atoms with Crippen LogP contribution < -0.4 is 29.7 Å². The quantitative estimate of drug-likeness (QED) is 0.483. The van der Waals surface area contributed by atoms with Gasteiger partial charge >= 0.3 is 0 Å². The van der Waals surface area contributed by atoms with E-state index < -0.39 is 0 Å². The van der Waals surface area contributed by atoms with Crippen molar-refractivity contribution in [2.24, 2.45) is 5.10 Å². The highest BCUT2D eigenvalue weighted by molar-refractivity contribution is 7.80. The van der Waals surface area contributed by atoms with Crippen LogP contribution >= 0.6 is 12.2 Å². The van der Waals surface area contributed by atoms with Crippen LogP contribution in [0.2, 0.25) is 0 Å². The lowest BCUT2D eigenvalue weighted by Gasteiger charge is -2.08. The van der Waals surface area contributed by atoms with Crippen LogP contribution in [0.4, 0.5) is 5.69 Å². The summed E-state index contributed by atoms with van der Waals surface area (Å²) < 4.78 is 21.2. The molecule has 1 aliphatic rings. The summed E-state index contributed by atoms with van der Waals surface area (Å²) in [5.74, 6) is 2.55. The largest absolute Gasteiger partial charge is 0.497 e. The molecule has 0 spiro atoms. The fraction of sp³-hybridized carbons (Fsp3) is 0.176. The molecular weight excluding hydrogens is 342 g/mol. The fourth-order valence-electron chi connectivity index (χ4n) is 2.25. The first-order valence-corrected chi connectivity index (χ1v) is 7.82. The Morgan fingerprint density at radius 2 is 2.08 bits per heavy atom. The lowest BCUT2D eigenvalue weighted by Crippen LogP contribution is -2.23. The van der Waals surface area contributed by atoms with Crippen molar-refractivity contribution in [1.29, 1.82) is 0 Å². The lowest BCUT2D eigenvalue weighted by atomic mass is 10.2. The van der Waals surface area contributed by atoms with Gasteiger partial charge < -0.3 is 24.3 Å². The molecule has 3 rings (SSSR count). The summed E-state index contributed by atoms with van der Waals surface area (Å²) in [6.07, 6.45) is 1.62. The number of benzene rings is 2.